The van der Waals surface area contributed by atoms with Crippen LogP contribution in [0.1, 0.15) is 13.8 Å². The molecular weight excluding hydrogens is 189 g/mol. The van der Waals surface area contributed by atoms with E-state index >= 15 is 0 Å². The Balaban J connectivity index is -0.000000320. The van der Waals surface area contributed by atoms with Crippen molar-refractivity contribution in [2.75, 3.05) is 13.2 Å². The van der Waals surface area contributed by atoms with E-state index in [4.69, 9.17) is 0 Å². The number of phosphoric ester groups is 1. The van der Waals surface area contributed by atoms with Crippen molar-refractivity contribution in [2.45, 2.75) is 13.8 Å². The van der Waals surface area contributed by atoms with E-state index in [1.54, 1.807) is 13.8 Å². The smallest absolute Gasteiger partial charge is 0.756 e. The molecule has 0 aromatic carbocycles. The second kappa shape index (κ2) is 10.2. The van der Waals surface area contributed by atoms with Crippen molar-refractivity contribution in [2.24, 2.45) is 0 Å². The Morgan fingerprint density at radius 1 is 1.18 bits per heavy atom. The van der Waals surface area contributed by atoms with Crippen molar-refractivity contribution in [3.05, 3.63) is 0 Å². The molecule has 0 unspecified atom stereocenters. The third-order valence-corrected chi connectivity index (χ3v) is 1.72. The average molecular weight is 199 g/mol. The summed E-state index contributed by atoms with van der Waals surface area (Å²) in [7, 11) is -3.94. The minimum atomic E-state index is -3.94. The molecule has 0 heterocycles. The Hall–Kier alpha value is 2.11. The Labute approximate surface area is 111 Å². The molecule has 0 aromatic heterocycles. The molecule has 0 aliphatic heterocycles. The quantitative estimate of drug-likeness (QED) is 0.335. The summed E-state index contributed by atoms with van der Waals surface area (Å²) in [5.41, 5.74) is 0. The van der Waals surface area contributed by atoms with Crippen LogP contribution in [-0.2, 0) is 13.6 Å². The summed E-state index contributed by atoms with van der Waals surface area (Å²) in [6.45, 7) is 3.43. The van der Waals surface area contributed by atoms with Crippen molar-refractivity contribution in [1.82, 2.24) is 0 Å². The van der Waals surface area contributed by atoms with E-state index in [-0.39, 0.29) is 72.3 Å². The van der Waals surface area contributed by atoms with Gasteiger partial charge in [-0.1, -0.05) is 0 Å². The standard InChI is InChI=1S/C4H11O4P.2Na/c1-3-7-9(5,6)8-4-2;;/h3-4H2,1-2H3,(H,5,6);;/q;2*+1/p-1. The van der Waals surface area contributed by atoms with E-state index in [9.17, 15) is 9.46 Å². The SMILES string of the molecule is CCOP(=O)([O-])OCC.[Na+].[Na+]. The summed E-state index contributed by atoms with van der Waals surface area (Å²) in [6, 6.07) is 0. The number of rotatable bonds is 4. The summed E-state index contributed by atoms with van der Waals surface area (Å²) in [4.78, 5) is 10.4. The molecule has 11 heavy (non-hydrogen) atoms. The van der Waals surface area contributed by atoms with Gasteiger partial charge in [0, 0.05) is 0 Å². The zero-order chi connectivity index (χ0) is 7.33. The molecule has 0 aliphatic rings. The van der Waals surface area contributed by atoms with Gasteiger partial charge in [-0.25, -0.2) is 0 Å². The summed E-state index contributed by atoms with van der Waals surface area (Å²) in [6.07, 6.45) is 0. The van der Waals surface area contributed by atoms with E-state index in [0.717, 1.165) is 0 Å². The summed E-state index contributed by atoms with van der Waals surface area (Å²) >= 11 is 0. The molecule has 0 bridgehead atoms. The molecule has 0 atom stereocenters. The first-order valence-electron chi connectivity index (χ1n) is 2.72. The van der Waals surface area contributed by atoms with Gasteiger partial charge in [-0.15, -0.1) is 0 Å². The minimum absolute atomic E-state index is 0. The van der Waals surface area contributed by atoms with Crippen LogP contribution in [0.5, 0.6) is 0 Å². The van der Waals surface area contributed by atoms with Crippen LogP contribution >= 0.6 is 7.82 Å². The summed E-state index contributed by atoms with van der Waals surface area (Å²) in [5.74, 6) is 0. The molecule has 7 heteroatoms. The predicted molar refractivity (Wildman–Crippen MR) is 30.9 cm³/mol. The fourth-order valence-electron chi connectivity index (χ4n) is 0.353. The third kappa shape index (κ3) is 12.1. The van der Waals surface area contributed by atoms with Crippen LogP contribution in [-0.4, -0.2) is 13.2 Å². The van der Waals surface area contributed by atoms with Gasteiger partial charge in [0.25, 0.3) is 7.82 Å². The van der Waals surface area contributed by atoms with Gasteiger partial charge in [-0.3, -0.25) is 4.57 Å². The molecule has 56 valence electrons. The van der Waals surface area contributed by atoms with Gasteiger partial charge in [0.05, 0.1) is 13.2 Å². The van der Waals surface area contributed by atoms with Gasteiger partial charge in [-0.2, -0.15) is 0 Å². The van der Waals surface area contributed by atoms with Crippen molar-refractivity contribution < 1.29 is 77.6 Å². The van der Waals surface area contributed by atoms with Gasteiger partial charge in [0.2, 0.25) is 0 Å². The fraction of sp³-hybridized carbons (Fsp3) is 1.00. The molecule has 0 aromatic rings. The minimum Gasteiger partial charge on any atom is -0.756 e. The molecule has 0 radical (unpaired) electrons. The van der Waals surface area contributed by atoms with Crippen LogP contribution < -0.4 is 64.0 Å². The first-order chi connectivity index (χ1) is 4.12. The van der Waals surface area contributed by atoms with Crippen LogP contribution in [0.2, 0.25) is 0 Å². The molecule has 0 saturated heterocycles. The second-order valence-corrected chi connectivity index (χ2v) is 2.69. The molecule has 0 N–H and O–H groups in total. The van der Waals surface area contributed by atoms with Crippen LogP contribution in [0.25, 0.3) is 0 Å². The van der Waals surface area contributed by atoms with Crippen LogP contribution in [0, 0.1) is 0 Å². The molecule has 0 spiro atoms. The Kier molecular flexibility index (Phi) is 17.4. The Bertz CT molecular complexity index is 111. The third-order valence-electron chi connectivity index (χ3n) is 0.574. The zero-order valence-corrected chi connectivity index (χ0v) is 12.4. The maximum absolute atomic E-state index is 10.4. The first-order valence-corrected chi connectivity index (χ1v) is 4.18. The van der Waals surface area contributed by atoms with E-state index in [1.807, 2.05) is 0 Å². The molecular formula is C4H10Na2O4P+. The van der Waals surface area contributed by atoms with Crippen LogP contribution in [0.3, 0.4) is 0 Å². The van der Waals surface area contributed by atoms with Gasteiger partial charge < -0.3 is 13.9 Å². The monoisotopic (exact) mass is 199 g/mol. The Morgan fingerprint density at radius 3 is 1.64 bits per heavy atom. The molecule has 0 amide bonds. The normalized spacial score (nSPS) is 9.73. The van der Waals surface area contributed by atoms with Crippen molar-refractivity contribution in [3.63, 3.8) is 0 Å². The summed E-state index contributed by atoms with van der Waals surface area (Å²) < 4.78 is 18.9. The van der Waals surface area contributed by atoms with Crippen LogP contribution in [0.4, 0.5) is 0 Å². The van der Waals surface area contributed by atoms with Gasteiger partial charge in [-0.05, 0) is 13.8 Å². The van der Waals surface area contributed by atoms with Crippen molar-refractivity contribution in [1.29, 1.82) is 0 Å². The second-order valence-electron chi connectivity index (χ2n) is 1.28. The van der Waals surface area contributed by atoms with Gasteiger partial charge in [0.15, 0.2) is 0 Å². The topological polar surface area (TPSA) is 58.6 Å². The maximum Gasteiger partial charge on any atom is 1.00 e. The van der Waals surface area contributed by atoms with Crippen LogP contribution in [0.15, 0.2) is 0 Å². The zero-order valence-electron chi connectivity index (χ0n) is 7.49. The Morgan fingerprint density at radius 2 is 1.45 bits per heavy atom. The molecule has 0 rings (SSSR count). The van der Waals surface area contributed by atoms with E-state index in [2.05, 4.69) is 9.05 Å². The van der Waals surface area contributed by atoms with Crippen molar-refractivity contribution >= 4 is 7.82 Å². The number of hydrogen-bond acceptors (Lipinski definition) is 4. The fourth-order valence-corrected chi connectivity index (χ4v) is 1.06. The van der Waals surface area contributed by atoms with E-state index in [1.165, 1.54) is 0 Å². The van der Waals surface area contributed by atoms with Gasteiger partial charge >= 0.3 is 59.1 Å². The van der Waals surface area contributed by atoms with Crippen molar-refractivity contribution in [3.8, 4) is 0 Å². The van der Waals surface area contributed by atoms with E-state index < -0.39 is 7.82 Å². The van der Waals surface area contributed by atoms with E-state index in [0.29, 0.717) is 0 Å². The number of phosphoric acid groups is 1. The van der Waals surface area contributed by atoms with Gasteiger partial charge in [0.1, 0.15) is 0 Å². The predicted octanol–water partition coefficient (Wildman–Crippen LogP) is -5.46. The first kappa shape index (κ1) is 18.8. The average Bonchev–Trinajstić information content (AvgIpc) is 1.64. The summed E-state index contributed by atoms with van der Waals surface area (Å²) in [5, 5.41) is 0. The molecule has 0 aliphatic carbocycles. The molecule has 0 fully saturated rings. The number of hydrogen-bond donors (Lipinski definition) is 0. The maximum atomic E-state index is 10.4. The largest absolute Gasteiger partial charge is 1.00 e. The molecule has 0 saturated carbocycles. The molecule has 4 nitrogen and oxygen atoms in total.